The first-order chi connectivity index (χ1) is 12.7. The van der Waals surface area contributed by atoms with Crippen LogP contribution in [0.1, 0.15) is 24.2 Å². The van der Waals surface area contributed by atoms with E-state index >= 15 is 0 Å². The Bertz CT molecular complexity index is 954. The van der Waals surface area contributed by atoms with Crippen molar-refractivity contribution in [1.82, 2.24) is 14.1 Å². The van der Waals surface area contributed by atoms with E-state index in [2.05, 4.69) is 26.3 Å². The van der Waals surface area contributed by atoms with E-state index in [-0.39, 0.29) is 23.3 Å². The third-order valence-electron chi connectivity index (χ3n) is 4.96. The lowest BCUT2D eigenvalue weighted by Gasteiger charge is -2.31. The Hall–Kier alpha value is -1.71. The average molecular weight is 455 g/mol. The number of carbonyl (C=O) groups excluding carboxylic acids is 1. The van der Waals surface area contributed by atoms with E-state index in [0.29, 0.717) is 25.1 Å². The lowest BCUT2D eigenvalue weighted by atomic mass is 9.98. The smallest absolute Gasteiger partial charge is 0.243 e. The van der Waals surface area contributed by atoms with Crippen LogP contribution in [0.2, 0.25) is 0 Å². The number of nitrogens with one attached hydrogen (secondary N) is 1. The van der Waals surface area contributed by atoms with Gasteiger partial charge in [-0.1, -0.05) is 15.9 Å². The molecule has 146 valence electrons. The lowest BCUT2D eigenvalue weighted by Crippen LogP contribution is -2.43. The summed E-state index contributed by atoms with van der Waals surface area (Å²) >= 11 is 3.31. The minimum absolute atomic E-state index is 0.162. The van der Waals surface area contributed by atoms with Gasteiger partial charge in [0.25, 0.3) is 0 Å². The lowest BCUT2D eigenvalue weighted by molar-refractivity contribution is -0.120. The van der Waals surface area contributed by atoms with Crippen molar-refractivity contribution >= 4 is 37.5 Å². The van der Waals surface area contributed by atoms with Gasteiger partial charge in [0, 0.05) is 24.6 Å². The number of rotatable bonds is 4. The summed E-state index contributed by atoms with van der Waals surface area (Å²) in [6.07, 6.45) is 1.31. The van der Waals surface area contributed by atoms with Gasteiger partial charge in [-0.2, -0.15) is 9.40 Å². The minimum atomic E-state index is -3.61. The summed E-state index contributed by atoms with van der Waals surface area (Å²) in [6, 6.07) is 6.56. The summed E-state index contributed by atoms with van der Waals surface area (Å²) in [6.45, 7) is 4.34. The third-order valence-corrected chi connectivity index (χ3v) is 7.37. The van der Waals surface area contributed by atoms with Crippen molar-refractivity contribution in [3.05, 3.63) is 40.1 Å². The molecule has 1 atom stereocenters. The maximum absolute atomic E-state index is 12.9. The molecule has 2 heterocycles. The molecule has 1 aromatic carbocycles. The van der Waals surface area contributed by atoms with Gasteiger partial charge in [-0.05, 0) is 51.0 Å². The van der Waals surface area contributed by atoms with Crippen molar-refractivity contribution < 1.29 is 13.2 Å². The molecule has 1 fully saturated rings. The fourth-order valence-corrected chi connectivity index (χ4v) is 5.10. The predicted molar refractivity (Wildman–Crippen MR) is 107 cm³/mol. The van der Waals surface area contributed by atoms with Gasteiger partial charge in [0.2, 0.25) is 15.9 Å². The molecular weight excluding hydrogens is 432 g/mol. The van der Waals surface area contributed by atoms with Crippen molar-refractivity contribution in [3.8, 4) is 0 Å². The molecule has 1 aliphatic rings. The molecule has 9 heteroatoms. The number of halogens is 1. The van der Waals surface area contributed by atoms with Crippen molar-refractivity contribution in [2.45, 2.75) is 31.6 Å². The minimum Gasteiger partial charge on any atom is -0.323 e. The van der Waals surface area contributed by atoms with Gasteiger partial charge in [0.15, 0.2) is 0 Å². The van der Waals surface area contributed by atoms with Gasteiger partial charge in [-0.3, -0.25) is 9.48 Å². The normalized spacial score (nSPS) is 18.4. The standard InChI is InChI=1S/C18H23BrN4O3S/c1-12-17(13(2)22(3)21-12)20-18(24)14-5-4-10-23(11-14)27(25,26)16-8-6-15(19)7-9-16/h6-9,14H,4-5,10-11H2,1-3H3,(H,20,24)/t14-/m0/s1. The Balaban J connectivity index is 1.75. The number of benzene rings is 1. The zero-order chi connectivity index (χ0) is 19.8. The van der Waals surface area contributed by atoms with E-state index in [1.54, 1.807) is 28.9 Å². The SMILES string of the molecule is Cc1nn(C)c(C)c1NC(=O)[C@H]1CCCN(S(=O)(=O)c2ccc(Br)cc2)C1. The summed E-state index contributed by atoms with van der Waals surface area (Å²) in [5.74, 6) is -0.548. The number of aromatic nitrogens is 2. The second-order valence-electron chi connectivity index (χ2n) is 6.81. The van der Waals surface area contributed by atoms with Gasteiger partial charge in [-0.15, -0.1) is 0 Å². The summed E-state index contributed by atoms with van der Waals surface area (Å²) in [5, 5.41) is 7.24. The molecule has 0 spiro atoms. The number of piperidine rings is 1. The second-order valence-corrected chi connectivity index (χ2v) is 9.67. The Morgan fingerprint density at radius 2 is 1.93 bits per heavy atom. The van der Waals surface area contributed by atoms with Crippen molar-refractivity contribution in [1.29, 1.82) is 0 Å². The Morgan fingerprint density at radius 3 is 2.52 bits per heavy atom. The molecule has 0 saturated carbocycles. The molecular formula is C18H23BrN4O3S. The van der Waals surface area contributed by atoms with Crippen LogP contribution in [0, 0.1) is 19.8 Å². The van der Waals surface area contributed by atoms with Gasteiger partial charge >= 0.3 is 0 Å². The van der Waals surface area contributed by atoms with Crippen molar-refractivity contribution in [2.75, 3.05) is 18.4 Å². The molecule has 1 N–H and O–H groups in total. The molecule has 2 aromatic rings. The van der Waals surface area contributed by atoms with E-state index in [9.17, 15) is 13.2 Å². The number of hydrogen-bond acceptors (Lipinski definition) is 4. The van der Waals surface area contributed by atoms with Crippen LogP contribution in [0.25, 0.3) is 0 Å². The number of nitrogens with zero attached hydrogens (tertiary/aromatic N) is 3. The number of carbonyl (C=O) groups is 1. The maximum Gasteiger partial charge on any atom is 0.243 e. The fourth-order valence-electron chi connectivity index (χ4n) is 3.31. The first kappa shape index (κ1) is 20.0. The first-order valence-electron chi connectivity index (χ1n) is 8.77. The van der Waals surface area contributed by atoms with Crippen LogP contribution >= 0.6 is 15.9 Å². The number of sulfonamides is 1. The number of anilines is 1. The highest BCUT2D eigenvalue weighted by Crippen LogP contribution is 2.26. The average Bonchev–Trinajstić information content (AvgIpc) is 2.88. The van der Waals surface area contributed by atoms with Crippen LogP contribution in [0.15, 0.2) is 33.6 Å². The molecule has 1 amide bonds. The monoisotopic (exact) mass is 454 g/mol. The molecule has 27 heavy (non-hydrogen) atoms. The maximum atomic E-state index is 12.9. The van der Waals surface area contributed by atoms with Crippen LogP contribution in [0.4, 0.5) is 5.69 Å². The van der Waals surface area contributed by atoms with Crippen LogP contribution < -0.4 is 5.32 Å². The van der Waals surface area contributed by atoms with Gasteiger partial charge in [0.1, 0.15) is 0 Å². The molecule has 0 bridgehead atoms. The molecule has 1 saturated heterocycles. The Kier molecular flexibility index (Phi) is 5.73. The highest BCUT2D eigenvalue weighted by atomic mass is 79.9. The topological polar surface area (TPSA) is 84.3 Å². The van der Waals surface area contributed by atoms with E-state index < -0.39 is 10.0 Å². The van der Waals surface area contributed by atoms with E-state index in [1.807, 2.05) is 20.9 Å². The van der Waals surface area contributed by atoms with Crippen molar-refractivity contribution in [3.63, 3.8) is 0 Å². The number of amides is 1. The summed E-state index contributed by atoms with van der Waals surface area (Å²) < 4.78 is 29.8. The third kappa shape index (κ3) is 4.09. The second kappa shape index (κ2) is 7.73. The zero-order valence-electron chi connectivity index (χ0n) is 15.6. The van der Waals surface area contributed by atoms with E-state index in [1.165, 1.54) is 4.31 Å². The van der Waals surface area contributed by atoms with Crippen LogP contribution in [0.5, 0.6) is 0 Å². The largest absolute Gasteiger partial charge is 0.323 e. The fraction of sp³-hybridized carbons (Fsp3) is 0.444. The van der Waals surface area contributed by atoms with Crippen LogP contribution in [-0.2, 0) is 21.9 Å². The van der Waals surface area contributed by atoms with Gasteiger partial charge in [0.05, 0.1) is 27.9 Å². The van der Waals surface area contributed by atoms with E-state index in [4.69, 9.17) is 0 Å². The molecule has 7 nitrogen and oxygen atoms in total. The highest BCUT2D eigenvalue weighted by molar-refractivity contribution is 9.10. The van der Waals surface area contributed by atoms with E-state index in [0.717, 1.165) is 15.9 Å². The van der Waals surface area contributed by atoms with Crippen molar-refractivity contribution in [2.24, 2.45) is 13.0 Å². The number of hydrogen-bond donors (Lipinski definition) is 1. The predicted octanol–water partition coefficient (Wildman–Crippen LogP) is 2.84. The van der Waals surface area contributed by atoms with Gasteiger partial charge < -0.3 is 5.32 Å². The molecule has 0 aliphatic carbocycles. The van der Waals surface area contributed by atoms with Crippen LogP contribution in [0.3, 0.4) is 0 Å². The molecule has 0 radical (unpaired) electrons. The van der Waals surface area contributed by atoms with Crippen LogP contribution in [-0.4, -0.2) is 41.5 Å². The number of aryl methyl sites for hydroxylation is 2. The Morgan fingerprint density at radius 1 is 1.26 bits per heavy atom. The van der Waals surface area contributed by atoms with Gasteiger partial charge in [-0.25, -0.2) is 8.42 Å². The summed E-state index contributed by atoms with van der Waals surface area (Å²) in [4.78, 5) is 13.0. The molecule has 1 aromatic heterocycles. The molecule has 0 unspecified atom stereocenters. The molecule has 3 rings (SSSR count). The summed E-state index contributed by atoms with van der Waals surface area (Å²) in [5.41, 5.74) is 2.32. The first-order valence-corrected chi connectivity index (χ1v) is 11.0. The summed E-state index contributed by atoms with van der Waals surface area (Å²) in [7, 11) is -1.79. The molecule has 1 aliphatic heterocycles. The quantitative estimate of drug-likeness (QED) is 0.769. The zero-order valence-corrected chi connectivity index (χ0v) is 18.0. The Labute approximate surface area is 167 Å². The highest BCUT2D eigenvalue weighted by Gasteiger charge is 2.33.